The molecule has 41 heavy (non-hydrogen) atoms. The van der Waals surface area contributed by atoms with Crippen molar-refractivity contribution in [3.05, 3.63) is 65.1 Å². The fourth-order valence-corrected chi connectivity index (χ4v) is 5.24. The molecule has 4 rings (SSSR count). The van der Waals surface area contributed by atoms with E-state index in [0.717, 1.165) is 10.4 Å². The molecule has 0 unspecified atom stereocenters. The van der Waals surface area contributed by atoms with E-state index in [-0.39, 0.29) is 58.2 Å². The summed E-state index contributed by atoms with van der Waals surface area (Å²) >= 11 is 0. The van der Waals surface area contributed by atoms with E-state index >= 15 is 0 Å². The molecule has 0 atom stereocenters. The summed E-state index contributed by atoms with van der Waals surface area (Å²) in [5.74, 6) is -2.46. The number of aromatic amines is 1. The summed E-state index contributed by atoms with van der Waals surface area (Å²) in [5.41, 5.74) is 0.545. The smallest absolute Gasteiger partial charge is 0.393 e. The number of ketones is 1. The van der Waals surface area contributed by atoms with E-state index in [4.69, 9.17) is 0 Å². The van der Waals surface area contributed by atoms with Crippen LogP contribution in [0.3, 0.4) is 0 Å². The molecule has 14 heteroatoms. The van der Waals surface area contributed by atoms with Crippen LogP contribution in [0.15, 0.2) is 42.5 Å². The zero-order valence-corrected chi connectivity index (χ0v) is 23.1. The molecule has 0 aliphatic rings. The van der Waals surface area contributed by atoms with Gasteiger partial charge in [0.15, 0.2) is 17.3 Å². The van der Waals surface area contributed by atoms with Gasteiger partial charge in [-0.15, -0.1) is 0 Å². The summed E-state index contributed by atoms with van der Waals surface area (Å²) in [5, 5.41) is 19.9. The molecule has 0 bridgehead atoms. The molecule has 2 aromatic carbocycles. The number of halogens is 4. The van der Waals surface area contributed by atoms with Crippen LogP contribution in [0, 0.1) is 5.82 Å². The fourth-order valence-electron chi connectivity index (χ4n) is 4.38. The predicted molar refractivity (Wildman–Crippen MR) is 147 cm³/mol. The van der Waals surface area contributed by atoms with Gasteiger partial charge >= 0.3 is 6.18 Å². The number of carbonyl (C=O) groups is 1. The van der Waals surface area contributed by atoms with Crippen molar-refractivity contribution in [3.63, 3.8) is 0 Å². The predicted octanol–water partition coefficient (Wildman–Crippen LogP) is 5.57. The van der Waals surface area contributed by atoms with Gasteiger partial charge in [0.1, 0.15) is 11.5 Å². The summed E-state index contributed by atoms with van der Waals surface area (Å²) < 4.78 is 80.6. The van der Waals surface area contributed by atoms with Crippen LogP contribution >= 0.6 is 0 Å². The molecule has 2 aromatic heterocycles. The Kier molecular flexibility index (Phi) is 8.24. The average molecular weight is 594 g/mol. The Labute approximate surface area is 233 Å². The van der Waals surface area contributed by atoms with Gasteiger partial charge in [0.2, 0.25) is 10.0 Å². The molecule has 0 aliphatic heterocycles. The Morgan fingerprint density at radius 2 is 1.83 bits per heavy atom. The quantitative estimate of drug-likeness (QED) is 0.162. The average Bonchev–Trinajstić information content (AvgIpc) is 3.36. The molecule has 0 fully saturated rings. The number of rotatable bonds is 10. The van der Waals surface area contributed by atoms with Crippen LogP contribution in [-0.4, -0.2) is 53.5 Å². The summed E-state index contributed by atoms with van der Waals surface area (Å²) in [7, 11) is -2.17. The zero-order chi connectivity index (χ0) is 30.1. The number of sulfonamides is 1. The molecular formula is C27H27F4N5O4S. The highest BCUT2D eigenvalue weighted by Crippen LogP contribution is 2.36. The van der Waals surface area contributed by atoms with Crippen molar-refractivity contribution in [3.8, 4) is 17.0 Å². The van der Waals surface area contributed by atoms with Gasteiger partial charge in [0.25, 0.3) is 0 Å². The third-order valence-corrected chi connectivity index (χ3v) is 8.29. The molecule has 0 aliphatic carbocycles. The molecular weight excluding hydrogens is 566 g/mol. The first-order chi connectivity index (χ1) is 19.3. The number of anilines is 2. The highest BCUT2D eigenvalue weighted by Gasteiger charge is 2.31. The number of para-hydroxylation sites is 1. The van der Waals surface area contributed by atoms with Crippen molar-refractivity contribution in [2.45, 2.75) is 39.4 Å². The number of phenolic OH excluding ortho intramolecular Hbond substituents is 1. The number of phenols is 1. The first kappa shape index (κ1) is 29.8. The van der Waals surface area contributed by atoms with E-state index in [2.05, 4.69) is 20.5 Å². The lowest BCUT2D eigenvalue weighted by atomic mass is 9.99. The summed E-state index contributed by atoms with van der Waals surface area (Å²) in [6.45, 7) is 3.17. The Bertz CT molecular complexity index is 1720. The number of carbonyl (C=O) groups excluding carboxylic acids is 1. The second-order valence-corrected chi connectivity index (χ2v) is 11.5. The van der Waals surface area contributed by atoms with Gasteiger partial charge in [-0.2, -0.15) is 18.3 Å². The molecule has 0 amide bonds. The van der Waals surface area contributed by atoms with E-state index in [1.54, 1.807) is 31.2 Å². The number of fused-ring (bicyclic) bond motifs is 1. The second kappa shape index (κ2) is 11.4. The molecule has 0 saturated heterocycles. The summed E-state index contributed by atoms with van der Waals surface area (Å²) in [6.07, 6.45) is -6.00. The van der Waals surface area contributed by atoms with Crippen molar-refractivity contribution in [1.29, 1.82) is 0 Å². The van der Waals surface area contributed by atoms with Crippen molar-refractivity contribution < 1.29 is 35.9 Å². The van der Waals surface area contributed by atoms with Gasteiger partial charge < -0.3 is 10.4 Å². The normalized spacial score (nSPS) is 12.1. The molecule has 218 valence electrons. The third kappa shape index (κ3) is 6.26. The Morgan fingerprint density at radius 3 is 2.49 bits per heavy atom. The third-order valence-electron chi connectivity index (χ3n) is 6.53. The van der Waals surface area contributed by atoms with Crippen LogP contribution in [0.4, 0.5) is 29.1 Å². The number of hydrogen-bond acceptors (Lipinski definition) is 7. The van der Waals surface area contributed by atoms with E-state index in [0.29, 0.717) is 17.3 Å². The number of hydrogen-bond donors (Lipinski definition) is 3. The van der Waals surface area contributed by atoms with Gasteiger partial charge in [-0.25, -0.2) is 17.8 Å². The maximum atomic E-state index is 14.4. The van der Waals surface area contributed by atoms with Crippen molar-refractivity contribution in [2.75, 3.05) is 22.4 Å². The summed E-state index contributed by atoms with van der Waals surface area (Å²) in [6, 6.07) is 9.51. The Hall–Kier alpha value is -4.20. The largest absolute Gasteiger partial charge is 0.505 e. The monoisotopic (exact) mass is 593 g/mol. The number of aromatic nitrogens is 3. The van der Waals surface area contributed by atoms with E-state index < -0.39 is 39.8 Å². The molecule has 0 saturated carbocycles. The number of pyridine rings is 1. The molecule has 2 heterocycles. The van der Waals surface area contributed by atoms with E-state index in [9.17, 15) is 35.9 Å². The maximum absolute atomic E-state index is 14.4. The lowest BCUT2D eigenvalue weighted by Gasteiger charge is -2.22. The number of nitrogens with one attached hydrogen (secondary N) is 2. The Morgan fingerprint density at radius 1 is 1.12 bits per heavy atom. The molecule has 3 N–H and O–H groups in total. The van der Waals surface area contributed by atoms with Gasteiger partial charge in [0.05, 0.1) is 34.5 Å². The van der Waals surface area contributed by atoms with Crippen LogP contribution in [0.1, 0.15) is 41.9 Å². The zero-order valence-electron chi connectivity index (χ0n) is 22.3. The van der Waals surface area contributed by atoms with Crippen molar-refractivity contribution in [2.24, 2.45) is 0 Å². The first-order valence-electron chi connectivity index (χ1n) is 12.5. The van der Waals surface area contributed by atoms with Crippen LogP contribution in [0.5, 0.6) is 5.75 Å². The number of benzene rings is 2. The minimum atomic E-state index is -4.66. The van der Waals surface area contributed by atoms with E-state index in [1.807, 2.05) is 0 Å². The highest BCUT2D eigenvalue weighted by molar-refractivity contribution is 7.92. The highest BCUT2D eigenvalue weighted by atomic mass is 32.2. The second-order valence-electron chi connectivity index (χ2n) is 9.23. The van der Waals surface area contributed by atoms with Gasteiger partial charge in [0, 0.05) is 25.6 Å². The van der Waals surface area contributed by atoms with Gasteiger partial charge in [-0.05, 0) is 42.3 Å². The van der Waals surface area contributed by atoms with E-state index in [1.165, 1.54) is 20.0 Å². The SMILES string of the molecule is CCC(=O)c1n[nH]c2cc(-c3cc(F)c(O)cc3CC(F)(F)F)nc(NCc3ccccc3N(C)S(=O)(=O)CC)c12. The Balaban J connectivity index is 1.86. The minimum Gasteiger partial charge on any atom is -0.505 e. The molecule has 0 spiro atoms. The van der Waals surface area contributed by atoms with Crippen LogP contribution < -0.4 is 9.62 Å². The van der Waals surface area contributed by atoms with Crippen molar-refractivity contribution in [1.82, 2.24) is 15.2 Å². The topological polar surface area (TPSA) is 128 Å². The lowest BCUT2D eigenvalue weighted by molar-refractivity contribution is -0.127. The number of Topliss-reactive ketones (excluding diaryl/α,β-unsaturated/α-hetero) is 1. The minimum absolute atomic E-state index is 0.00951. The van der Waals surface area contributed by atoms with Crippen molar-refractivity contribution >= 4 is 38.2 Å². The number of aromatic hydroxyl groups is 1. The molecule has 9 nitrogen and oxygen atoms in total. The number of alkyl halides is 3. The van der Waals surface area contributed by atoms with Crippen LogP contribution in [0.2, 0.25) is 0 Å². The maximum Gasteiger partial charge on any atom is 0.393 e. The summed E-state index contributed by atoms with van der Waals surface area (Å²) in [4.78, 5) is 17.1. The fraction of sp³-hybridized carbons (Fsp3) is 0.296. The first-order valence-corrected chi connectivity index (χ1v) is 14.2. The van der Waals surface area contributed by atoms with Crippen LogP contribution in [-0.2, 0) is 23.0 Å². The lowest BCUT2D eigenvalue weighted by Crippen LogP contribution is -2.29. The molecule has 4 aromatic rings. The van der Waals surface area contributed by atoms with Gasteiger partial charge in [-0.3, -0.25) is 14.2 Å². The standard InChI is InChI=1S/C27H27F4N5O4S/c1-4-22(37)25-24-20(34-35-25)12-19(17-11-18(28)23(38)10-16(17)13-27(29,30)31)33-26(24)32-14-15-8-6-7-9-21(15)36(3)41(39,40)5-2/h6-12,38H,4-5,13-14H2,1-3H3,(H,32,33)(H,34,35). The number of H-pyrrole nitrogens is 1. The number of nitrogens with zero attached hydrogens (tertiary/aromatic N) is 3. The molecule has 0 radical (unpaired) electrons. The van der Waals surface area contributed by atoms with Gasteiger partial charge in [-0.1, -0.05) is 25.1 Å². The van der Waals surface area contributed by atoms with Crippen LogP contribution in [0.25, 0.3) is 22.2 Å².